The van der Waals surface area contributed by atoms with Gasteiger partial charge in [0.05, 0.1) is 0 Å². The standard InChI is InChI=1S/C19H22N2O/c22-19(11-10-15-12-13-20-14-15)21-18-9-5-4-8-17(18)16-6-2-1-3-7-16/h1-9,15,20H,10-14H2,(H,21,22). The third-order valence-corrected chi connectivity index (χ3v) is 4.23. The number of carbonyl (C=O) groups excluding carboxylic acids is 1. The molecule has 2 aromatic rings. The summed E-state index contributed by atoms with van der Waals surface area (Å²) in [7, 11) is 0. The highest BCUT2D eigenvalue weighted by atomic mass is 16.1. The number of anilines is 1. The first-order valence-electron chi connectivity index (χ1n) is 7.98. The van der Waals surface area contributed by atoms with Gasteiger partial charge in [0.15, 0.2) is 0 Å². The summed E-state index contributed by atoms with van der Waals surface area (Å²) < 4.78 is 0. The van der Waals surface area contributed by atoms with E-state index in [1.165, 1.54) is 6.42 Å². The molecule has 1 atom stereocenters. The van der Waals surface area contributed by atoms with Crippen molar-refractivity contribution in [2.24, 2.45) is 5.92 Å². The Labute approximate surface area is 131 Å². The molecule has 0 aliphatic carbocycles. The Morgan fingerprint density at radius 1 is 1.09 bits per heavy atom. The fourth-order valence-electron chi connectivity index (χ4n) is 2.97. The van der Waals surface area contributed by atoms with Gasteiger partial charge in [-0.1, -0.05) is 48.5 Å². The number of nitrogens with one attached hydrogen (secondary N) is 2. The molecule has 1 fully saturated rings. The largest absolute Gasteiger partial charge is 0.326 e. The summed E-state index contributed by atoms with van der Waals surface area (Å²) in [5.74, 6) is 0.755. The van der Waals surface area contributed by atoms with E-state index in [2.05, 4.69) is 22.8 Å². The highest BCUT2D eigenvalue weighted by Gasteiger charge is 2.16. The van der Waals surface area contributed by atoms with Crippen LogP contribution in [-0.2, 0) is 4.79 Å². The molecule has 0 aromatic heterocycles. The van der Waals surface area contributed by atoms with Crippen molar-refractivity contribution >= 4 is 11.6 Å². The summed E-state index contributed by atoms with van der Waals surface area (Å²) >= 11 is 0. The van der Waals surface area contributed by atoms with Crippen LogP contribution in [-0.4, -0.2) is 19.0 Å². The molecule has 0 bridgehead atoms. The molecular weight excluding hydrogens is 272 g/mol. The zero-order valence-electron chi connectivity index (χ0n) is 12.7. The number of benzene rings is 2. The quantitative estimate of drug-likeness (QED) is 0.883. The average Bonchev–Trinajstić information content (AvgIpc) is 3.08. The molecule has 2 aromatic carbocycles. The molecule has 114 valence electrons. The molecule has 1 aliphatic rings. The first-order valence-corrected chi connectivity index (χ1v) is 7.98. The third kappa shape index (κ3) is 3.74. The van der Waals surface area contributed by atoms with E-state index in [9.17, 15) is 4.79 Å². The second-order valence-electron chi connectivity index (χ2n) is 5.86. The number of para-hydroxylation sites is 1. The number of amides is 1. The van der Waals surface area contributed by atoms with Crippen LogP contribution in [0.4, 0.5) is 5.69 Å². The highest BCUT2D eigenvalue weighted by molar-refractivity contribution is 5.95. The van der Waals surface area contributed by atoms with Crippen molar-refractivity contribution in [2.45, 2.75) is 19.3 Å². The van der Waals surface area contributed by atoms with Crippen LogP contribution < -0.4 is 10.6 Å². The molecule has 3 nitrogen and oxygen atoms in total. The van der Waals surface area contributed by atoms with Gasteiger partial charge in [0.25, 0.3) is 0 Å². The van der Waals surface area contributed by atoms with Gasteiger partial charge in [-0.3, -0.25) is 4.79 Å². The van der Waals surface area contributed by atoms with Gasteiger partial charge in [0.2, 0.25) is 5.91 Å². The lowest BCUT2D eigenvalue weighted by Crippen LogP contribution is -2.15. The van der Waals surface area contributed by atoms with E-state index in [1.807, 2.05) is 42.5 Å². The predicted octanol–water partition coefficient (Wildman–Crippen LogP) is 3.68. The van der Waals surface area contributed by atoms with Crippen molar-refractivity contribution in [1.82, 2.24) is 5.32 Å². The second-order valence-corrected chi connectivity index (χ2v) is 5.86. The van der Waals surface area contributed by atoms with Crippen LogP contribution in [0.1, 0.15) is 19.3 Å². The van der Waals surface area contributed by atoms with Crippen molar-refractivity contribution < 1.29 is 4.79 Å². The molecule has 1 amide bonds. The smallest absolute Gasteiger partial charge is 0.224 e. The molecule has 1 saturated heterocycles. The Bertz CT molecular complexity index is 618. The van der Waals surface area contributed by atoms with Gasteiger partial charge in [-0.25, -0.2) is 0 Å². The lowest BCUT2D eigenvalue weighted by molar-refractivity contribution is -0.116. The average molecular weight is 294 g/mol. The van der Waals surface area contributed by atoms with Gasteiger partial charge in [0.1, 0.15) is 0 Å². The van der Waals surface area contributed by atoms with E-state index in [0.717, 1.165) is 36.3 Å². The minimum absolute atomic E-state index is 0.107. The van der Waals surface area contributed by atoms with Gasteiger partial charge < -0.3 is 10.6 Å². The topological polar surface area (TPSA) is 41.1 Å². The summed E-state index contributed by atoms with van der Waals surface area (Å²) in [5.41, 5.74) is 3.08. The molecule has 3 rings (SSSR count). The second kappa shape index (κ2) is 7.23. The molecule has 0 radical (unpaired) electrons. The summed E-state index contributed by atoms with van der Waals surface area (Å²) in [5, 5.41) is 6.42. The molecular formula is C19H22N2O. The SMILES string of the molecule is O=C(CCC1CCNC1)Nc1ccccc1-c1ccccc1. The van der Waals surface area contributed by atoms with Crippen molar-refractivity contribution in [3.63, 3.8) is 0 Å². The molecule has 22 heavy (non-hydrogen) atoms. The Hall–Kier alpha value is -2.13. The van der Waals surface area contributed by atoms with E-state index < -0.39 is 0 Å². The van der Waals surface area contributed by atoms with Gasteiger partial charge in [-0.15, -0.1) is 0 Å². The molecule has 1 unspecified atom stereocenters. The summed E-state index contributed by atoms with van der Waals surface area (Å²) in [6.07, 6.45) is 2.75. The fourth-order valence-corrected chi connectivity index (χ4v) is 2.97. The molecule has 0 spiro atoms. The Balaban J connectivity index is 1.66. The van der Waals surface area contributed by atoms with E-state index in [-0.39, 0.29) is 5.91 Å². The zero-order valence-corrected chi connectivity index (χ0v) is 12.7. The van der Waals surface area contributed by atoms with Crippen molar-refractivity contribution in [3.05, 3.63) is 54.6 Å². The lowest BCUT2D eigenvalue weighted by atomic mass is 10.0. The van der Waals surface area contributed by atoms with Crippen molar-refractivity contribution in [1.29, 1.82) is 0 Å². The molecule has 2 N–H and O–H groups in total. The Kier molecular flexibility index (Phi) is 4.86. The molecule has 1 heterocycles. The number of rotatable bonds is 5. The highest BCUT2D eigenvalue weighted by Crippen LogP contribution is 2.27. The first kappa shape index (κ1) is 14.8. The molecule has 1 aliphatic heterocycles. The Morgan fingerprint density at radius 2 is 1.86 bits per heavy atom. The summed E-state index contributed by atoms with van der Waals surface area (Å²) in [6, 6.07) is 18.1. The van der Waals surface area contributed by atoms with Crippen LogP contribution >= 0.6 is 0 Å². The maximum Gasteiger partial charge on any atom is 0.224 e. The first-order chi connectivity index (χ1) is 10.8. The van der Waals surface area contributed by atoms with Crippen LogP contribution in [0.5, 0.6) is 0 Å². The molecule has 0 saturated carbocycles. The van der Waals surface area contributed by atoms with Crippen LogP contribution in [0.25, 0.3) is 11.1 Å². The van der Waals surface area contributed by atoms with Crippen molar-refractivity contribution in [2.75, 3.05) is 18.4 Å². The van der Waals surface area contributed by atoms with Gasteiger partial charge in [0, 0.05) is 17.7 Å². The van der Waals surface area contributed by atoms with Gasteiger partial charge in [-0.05, 0) is 43.5 Å². The van der Waals surface area contributed by atoms with Crippen molar-refractivity contribution in [3.8, 4) is 11.1 Å². The van der Waals surface area contributed by atoms with Crippen LogP contribution in [0.15, 0.2) is 54.6 Å². The number of hydrogen-bond acceptors (Lipinski definition) is 2. The summed E-state index contributed by atoms with van der Waals surface area (Å²) in [4.78, 5) is 12.2. The number of carbonyl (C=O) groups is 1. The summed E-state index contributed by atoms with van der Waals surface area (Å²) in [6.45, 7) is 2.14. The minimum Gasteiger partial charge on any atom is -0.326 e. The number of hydrogen-bond donors (Lipinski definition) is 2. The van der Waals surface area contributed by atoms with E-state index in [0.29, 0.717) is 12.3 Å². The van der Waals surface area contributed by atoms with Crippen LogP contribution in [0.2, 0.25) is 0 Å². The normalized spacial score (nSPS) is 17.4. The maximum absolute atomic E-state index is 12.2. The lowest BCUT2D eigenvalue weighted by Gasteiger charge is -2.12. The van der Waals surface area contributed by atoms with Gasteiger partial charge in [-0.2, -0.15) is 0 Å². The van der Waals surface area contributed by atoms with E-state index >= 15 is 0 Å². The minimum atomic E-state index is 0.107. The van der Waals surface area contributed by atoms with Crippen LogP contribution in [0, 0.1) is 5.92 Å². The predicted molar refractivity (Wildman–Crippen MR) is 90.7 cm³/mol. The monoisotopic (exact) mass is 294 g/mol. The fraction of sp³-hybridized carbons (Fsp3) is 0.316. The van der Waals surface area contributed by atoms with Gasteiger partial charge >= 0.3 is 0 Å². The van der Waals surface area contributed by atoms with E-state index in [1.54, 1.807) is 0 Å². The maximum atomic E-state index is 12.2. The van der Waals surface area contributed by atoms with E-state index in [4.69, 9.17) is 0 Å². The Morgan fingerprint density at radius 3 is 2.64 bits per heavy atom. The van der Waals surface area contributed by atoms with Crippen LogP contribution in [0.3, 0.4) is 0 Å². The zero-order chi connectivity index (χ0) is 15.2. The third-order valence-electron chi connectivity index (χ3n) is 4.23. The molecule has 3 heteroatoms.